The zero-order valence-electron chi connectivity index (χ0n) is 33.2. The van der Waals surface area contributed by atoms with Crippen LogP contribution in [-0.4, -0.2) is 36.1 Å². The fourth-order valence-corrected chi connectivity index (χ4v) is 8.04. The van der Waals surface area contributed by atoms with Gasteiger partial charge in [0.25, 0.3) is 0 Å². The number of hydrogen-bond donors (Lipinski definition) is 0. The fraction of sp³-hybridized carbons (Fsp3) is 0.271. The van der Waals surface area contributed by atoms with Crippen molar-refractivity contribution < 1.29 is 29.3 Å². The molecule has 1 aliphatic rings. The Labute approximate surface area is 340 Å². The van der Waals surface area contributed by atoms with Gasteiger partial charge in [-0.05, 0) is 76.6 Å². The van der Waals surface area contributed by atoms with Crippen molar-refractivity contribution in [3.8, 4) is 33.6 Å². The van der Waals surface area contributed by atoms with Crippen LogP contribution in [0.3, 0.4) is 0 Å². The van der Waals surface area contributed by atoms with Gasteiger partial charge in [0, 0.05) is 37.9 Å². The first-order valence-electron chi connectivity index (χ1n) is 18.9. The van der Waals surface area contributed by atoms with Crippen LogP contribution in [0.15, 0.2) is 119 Å². The summed E-state index contributed by atoms with van der Waals surface area (Å²) in [6.45, 7) is 20.7. The standard InChI is InChI=1S/C34H33N2O2.C14H16NSi.Ir/c1-20(2)23-10-7-11-24(21(3)4)30(23)22-16-17-35-29(18-22)27-14-8-12-25-26-13-9-15-28(32(26)38-31(25)27)33-36-34(5,6)19-37-33;1-16(2,3)13-9-10-14(15-11-13)12-7-5-4-6-8-12;/h7-13,15-18,20-21H,19H2,1-6H3;4-7,9-11H,1-3H3;/q2*-1;. The number of rotatable bonds is 7. The van der Waals surface area contributed by atoms with E-state index in [4.69, 9.17) is 19.1 Å². The molecule has 5 nitrogen and oxygen atoms in total. The molecule has 0 spiro atoms. The number of para-hydroxylation sites is 1. The molecule has 3 aromatic heterocycles. The monoisotopic (exact) mass is 920 g/mol. The second-order valence-electron chi connectivity index (χ2n) is 16.4. The van der Waals surface area contributed by atoms with Crippen molar-refractivity contribution in [2.24, 2.45) is 4.99 Å². The van der Waals surface area contributed by atoms with Crippen molar-refractivity contribution in [2.75, 3.05) is 6.61 Å². The van der Waals surface area contributed by atoms with Crippen molar-refractivity contribution in [2.45, 2.75) is 78.6 Å². The topological polar surface area (TPSA) is 60.5 Å². The normalized spacial score (nSPS) is 13.7. The maximum Gasteiger partial charge on any atom is 0.220 e. The van der Waals surface area contributed by atoms with E-state index in [1.54, 1.807) is 0 Å². The Morgan fingerprint density at radius 3 is 2.07 bits per heavy atom. The minimum absolute atomic E-state index is 0. The Kier molecular flexibility index (Phi) is 11.8. The minimum atomic E-state index is -1.23. The van der Waals surface area contributed by atoms with Crippen LogP contribution in [0.5, 0.6) is 0 Å². The summed E-state index contributed by atoms with van der Waals surface area (Å²) in [5, 5.41) is 3.46. The first-order chi connectivity index (χ1) is 25.8. The molecule has 0 saturated heterocycles. The van der Waals surface area contributed by atoms with Gasteiger partial charge in [-0.1, -0.05) is 107 Å². The molecule has 283 valence electrons. The molecule has 0 fully saturated rings. The summed E-state index contributed by atoms with van der Waals surface area (Å²) in [7, 11) is -1.23. The van der Waals surface area contributed by atoms with Crippen molar-refractivity contribution in [3.63, 3.8) is 0 Å². The van der Waals surface area contributed by atoms with Crippen molar-refractivity contribution >= 4 is 41.1 Å². The number of ether oxygens (including phenoxy) is 1. The maximum atomic E-state index is 6.59. The van der Waals surface area contributed by atoms with Crippen LogP contribution in [0.1, 0.15) is 70.1 Å². The van der Waals surface area contributed by atoms with Crippen LogP contribution < -0.4 is 5.19 Å². The van der Waals surface area contributed by atoms with Gasteiger partial charge in [-0.3, -0.25) is 0 Å². The Morgan fingerprint density at radius 2 is 1.45 bits per heavy atom. The number of aromatic nitrogens is 2. The van der Waals surface area contributed by atoms with E-state index in [2.05, 4.69) is 133 Å². The Hall–Kier alpha value is -4.68. The predicted molar refractivity (Wildman–Crippen MR) is 227 cm³/mol. The Balaban J connectivity index is 0.000000254. The average molecular weight is 920 g/mol. The second kappa shape index (κ2) is 16.2. The molecule has 0 saturated carbocycles. The molecule has 0 N–H and O–H groups in total. The maximum absolute atomic E-state index is 6.59. The zero-order valence-corrected chi connectivity index (χ0v) is 36.6. The Morgan fingerprint density at radius 1 is 0.727 bits per heavy atom. The molecular formula is C48H49IrN3O2Si-2. The number of fused-ring (bicyclic) bond motifs is 3. The summed E-state index contributed by atoms with van der Waals surface area (Å²) in [5.74, 6) is 1.46. The SMILES string of the molecule is CC(C)c1cccc(C(C)C)c1-c1ccnc(-c2[c-]ccc3c2oc2c(C4=NC(C)(C)CO4)cccc23)c1.C[Si](C)(C)c1ccc(-c2[c-]cccc2)nc1.[Ir]. The van der Waals surface area contributed by atoms with Gasteiger partial charge in [-0.25, -0.2) is 4.99 Å². The van der Waals surface area contributed by atoms with Gasteiger partial charge >= 0.3 is 0 Å². The number of pyridine rings is 2. The number of hydrogen-bond acceptors (Lipinski definition) is 5. The molecule has 7 heteroatoms. The molecule has 0 atom stereocenters. The van der Waals surface area contributed by atoms with Gasteiger partial charge in [-0.2, -0.15) is 0 Å². The van der Waals surface area contributed by atoms with Crippen LogP contribution in [0.2, 0.25) is 19.6 Å². The number of furan rings is 1. The number of aliphatic imine (C=N–C) groups is 1. The van der Waals surface area contributed by atoms with E-state index in [1.807, 2.05) is 54.9 Å². The second-order valence-corrected chi connectivity index (χ2v) is 21.5. The van der Waals surface area contributed by atoms with Gasteiger partial charge < -0.3 is 19.1 Å². The van der Waals surface area contributed by atoms with Crippen LogP contribution in [0, 0.1) is 12.1 Å². The van der Waals surface area contributed by atoms with Gasteiger partial charge in [0.05, 0.1) is 24.8 Å². The van der Waals surface area contributed by atoms with Crippen LogP contribution in [0.4, 0.5) is 0 Å². The molecule has 55 heavy (non-hydrogen) atoms. The number of nitrogens with zero attached hydrogens (tertiary/aromatic N) is 3. The minimum Gasteiger partial charge on any atom is -0.500 e. The zero-order chi connectivity index (χ0) is 38.2. The van der Waals surface area contributed by atoms with Crippen molar-refractivity contribution in [3.05, 3.63) is 138 Å². The molecule has 0 aliphatic carbocycles. The largest absolute Gasteiger partial charge is 0.500 e. The van der Waals surface area contributed by atoms with Crippen LogP contribution in [-0.2, 0) is 24.8 Å². The first kappa shape index (κ1) is 40.0. The molecular weight excluding hydrogens is 871 g/mol. The van der Waals surface area contributed by atoms with E-state index in [0.29, 0.717) is 24.3 Å². The van der Waals surface area contributed by atoms with Crippen LogP contribution >= 0.6 is 0 Å². The predicted octanol–water partition coefficient (Wildman–Crippen LogP) is 12.0. The summed E-state index contributed by atoms with van der Waals surface area (Å²) in [6.07, 6.45) is 3.91. The summed E-state index contributed by atoms with van der Waals surface area (Å²) < 4.78 is 12.6. The summed E-state index contributed by atoms with van der Waals surface area (Å²) in [6, 6.07) is 40.0. The van der Waals surface area contributed by atoms with E-state index in [1.165, 1.54) is 27.4 Å². The first-order valence-corrected chi connectivity index (χ1v) is 22.4. The van der Waals surface area contributed by atoms with E-state index in [9.17, 15) is 0 Å². The Bertz CT molecular complexity index is 2430. The molecule has 1 radical (unpaired) electrons. The molecule has 0 unspecified atom stereocenters. The quantitative estimate of drug-likeness (QED) is 0.118. The van der Waals surface area contributed by atoms with Gasteiger partial charge in [0.1, 0.15) is 12.2 Å². The van der Waals surface area contributed by atoms with Gasteiger partial charge in [-0.15, -0.1) is 54.1 Å². The third-order valence-electron chi connectivity index (χ3n) is 9.95. The molecule has 4 aromatic carbocycles. The third kappa shape index (κ3) is 8.45. The van der Waals surface area contributed by atoms with Crippen molar-refractivity contribution in [1.82, 2.24) is 9.97 Å². The summed E-state index contributed by atoms with van der Waals surface area (Å²) >= 11 is 0. The smallest absolute Gasteiger partial charge is 0.220 e. The van der Waals surface area contributed by atoms with E-state index >= 15 is 0 Å². The molecule has 8 rings (SSSR count). The van der Waals surface area contributed by atoms with Crippen LogP contribution in [0.25, 0.3) is 55.6 Å². The number of benzene rings is 4. The van der Waals surface area contributed by atoms with E-state index in [-0.39, 0.29) is 25.6 Å². The van der Waals surface area contributed by atoms with E-state index in [0.717, 1.165) is 50.0 Å². The average Bonchev–Trinajstić information content (AvgIpc) is 3.74. The molecule has 0 bridgehead atoms. The molecule has 1 aliphatic heterocycles. The molecule has 7 aromatic rings. The molecule has 4 heterocycles. The van der Waals surface area contributed by atoms with Gasteiger partial charge in [0.15, 0.2) is 0 Å². The molecule has 0 amide bonds. The van der Waals surface area contributed by atoms with E-state index < -0.39 is 8.07 Å². The van der Waals surface area contributed by atoms with Gasteiger partial charge in [0.2, 0.25) is 5.90 Å². The summed E-state index contributed by atoms with van der Waals surface area (Å²) in [5.41, 5.74) is 11.1. The van der Waals surface area contributed by atoms with Crippen molar-refractivity contribution in [1.29, 1.82) is 0 Å². The third-order valence-corrected chi connectivity index (χ3v) is 12.0. The fourth-order valence-electron chi connectivity index (χ4n) is 7.00. The summed E-state index contributed by atoms with van der Waals surface area (Å²) in [4.78, 5) is 14.1.